The maximum atomic E-state index is 12.7. The summed E-state index contributed by atoms with van der Waals surface area (Å²) in [5, 5.41) is 11.8. The number of rotatable bonds is 10. The Morgan fingerprint density at radius 2 is 1.85 bits per heavy atom. The summed E-state index contributed by atoms with van der Waals surface area (Å²) in [4.78, 5) is 25.0. The van der Waals surface area contributed by atoms with E-state index >= 15 is 0 Å². The molecule has 0 radical (unpaired) electrons. The fraction of sp³-hybridized carbons (Fsp3) is 0.360. The molecule has 0 aliphatic heterocycles. The number of thioether (sulfide) groups is 1. The molecule has 1 amide bonds. The molecular formula is C25H30N4O4S. The van der Waals surface area contributed by atoms with Crippen molar-refractivity contribution < 1.29 is 19.1 Å². The molecule has 1 N–H and O–H groups in total. The normalized spacial score (nSPS) is 11.7. The number of carbonyl (C=O) groups excluding carboxylic acids is 2. The lowest BCUT2D eigenvalue weighted by Crippen LogP contribution is -2.25. The molecule has 180 valence electrons. The summed E-state index contributed by atoms with van der Waals surface area (Å²) in [6.07, 6.45) is 0.810. The first-order chi connectivity index (χ1) is 16.4. The number of para-hydroxylation sites is 1. The van der Waals surface area contributed by atoms with Gasteiger partial charge < -0.3 is 14.8 Å². The van der Waals surface area contributed by atoms with Gasteiger partial charge in [0.2, 0.25) is 0 Å². The second-order valence-electron chi connectivity index (χ2n) is 7.59. The topological polar surface area (TPSA) is 95.3 Å². The van der Waals surface area contributed by atoms with Gasteiger partial charge in [-0.2, -0.15) is 0 Å². The van der Waals surface area contributed by atoms with Gasteiger partial charge in [0, 0.05) is 5.56 Å². The molecule has 0 unspecified atom stereocenters. The summed E-state index contributed by atoms with van der Waals surface area (Å²) >= 11 is 1.28. The fourth-order valence-corrected chi connectivity index (χ4v) is 4.38. The van der Waals surface area contributed by atoms with E-state index < -0.39 is 5.25 Å². The number of esters is 1. The highest BCUT2D eigenvalue weighted by molar-refractivity contribution is 8.00. The Labute approximate surface area is 204 Å². The predicted octanol–water partition coefficient (Wildman–Crippen LogP) is 4.12. The standard InChI is InChI=1S/C25H30N4O4S/c1-6-18-10-8-9-16(3)22(18)29-21(27-28-25(29)34-17(4)24(31)33-7-2)15-26-23(30)19-11-13-20(32-5)14-12-19/h8-14,17H,6-7,15H2,1-5H3,(H,26,30)/t17-/m0/s1. The van der Waals surface area contributed by atoms with Crippen molar-refractivity contribution in [1.29, 1.82) is 0 Å². The lowest BCUT2D eigenvalue weighted by molar-refractivity contribution is -0.142. The van der Waals surface area contributed by atoms with E-state index in [0.29, 0.717) is 28.9 Å². The van der Waals surface area contributed by atoms with Crippen molar-refractivity contribution in [2.75, 3.05) is 13.7 Å². The highest BCUT2D eigenvalue weighted by Crippen LogP contribution is 2.30. The zero-order chi connectivity index (χ0) is 24.7. The molecule has 3 aromatic rings. The van der Waals surface area contributed by atoms with Gasteiger partial charge in [-0.3, -0.25) is 14.2 Å². The first-order valence-corrected chi connectivity index (χ1v) is 12.1. The van der Waals surface area contributed by atoms with Crippen LogP contribution in [-0.4, -0.2) is 45.6 Å². The molecule has 34 heavy (non-hydrogen) atoms. The van der Waals surface area contributed by atoms with Crippen LogP contribution in [0.1, 0.15) is 48.1 Å². The Balaban J connectivity index is 1.93. The summed E-state index contributed by atoms with van der Waals surface area (Å²) in [7, 11) is 1.58. The summed E-state index contributed by atoms with van der Waals surface area (Å²) < 4.78 is 12.2. The van der Waals surface area contributed by atoms with Crippen molar-refractivity contribution in [3.63, 3.8) is 0 Å². The molecule has 0 fully saturated rings. The number of ether oxygens (including phenoxy) is 2. The molecule has 0 spiro atoms. The van der Waals surface area contributed by atoms with E-state index in [-0.39, 0.29) is 18.4 Å². The number of nitrogens with one attached hydrogen (secondary N) is 1. The summed E-state index contributed by atoms with van der Waals surface area (Å²) in [6, 6.07) is 13.0. The largest absolute Gasteiger partial charge is 0.497 e. The minimum Gasteiger partial charge on any atom is -0.497 e. The SMILES string of the molecule is CCOC(=O)[C@H](C)Sc1nnc(CNC(=O)c2ccc(OC)cc2)n1-c1c(C)cccc1CC. The second-order valence-corrected chi connectivity index (χ2v) is 8.90. The van der Waals surface area contributed by atoms with Crippen molar-refractivity contribution in [3.8, 4) is 11.4 Å². The van der Waals surface area contributed by atoms with Crippen LogP contribution in [0.3, 0.4) is 0 Å². The number of methoxy groups -OCH3 is 1. The van der Waals surface area contributed by atoms with Gasteiger partial charge in [-0.1, -0.05) is 36.9 Å². The van der Waals surface area contributed by atoms with Crippen LogP contribution in [0.4, 0.5) is 0 Å². The van der Waals surface area contributed by atoms with Crippen molar-refractivity contribution in [2.24, 2.45) is 0 Å². The molecule has 9 heteroatoms. The Hall–Kier alpha value is -3.33. The number of aromatic nitrogens is 3. The molecule has 0 aliphatic rings. The van der Waals surface area contributed by atoms with Crippen molar-refractivity contribution >= 4 is 23.6 Å². The number of hydrogen-bond acceptors (Lipinski definition) is 7. The number of amides is 1. The maximum absolute atomic E-state index is 12.7. The smallest absolute Gasteiger partial charge is 0.319 e. The van der Waals surface area contributed by atoms with Gasteiger partial charge in [-0.05, 0) is 62.6 Å². The van der Waals surface area contributed by atoms with Gasteiger partial charge in [-0.25, -0.2) is 0 Å². The van der Waals surface area contributed by atoms with Crippen LogP contribution in [0, 0.1) is 6.92 Å². The third kappa shape index (κ3) is 5.77. The molecule has 0 bridgehead atoms. The summed E-state index contributed by atoms with van der Waals surface area (Å²) in [5.74, 6) is 0.716. The van der Waals surface area contributed by atoms with E-state index in [1.54, 1.807) is 45.2 Å². The number of benzene rings is 2. The van der Waals surface area contributed by atoms with Crippen LogP contribution < -0.4 is 10.1 Å². The summed E-state index contributed by atoms with van der Waals surface area (Å²) in [5.41, 5.74) is 3.64. The molecule has 3 rings (SSSR count). The van der Waals surface area contributed by atoms with Gasteiger partial charge in [0.1, 0.15) is 11.0 Å². The molecule has 1 aromatic heterocycles. The minimum atomic E-state index is -0.460. The molecule has 0 saturated carbocycles. The van der Waals surface area contributed by atoms with Gasteiger partial charge in [0.05, 0.1) is 25.9 Å². The lowest BCUT2D eigenvalue weighted by atomic mass is 10.1. The quantitative estimate of drug-likeness (QED) is 0.343. The van der Waals surface area contributed by atoms with E-state index in [4.69, 9.17) is 9.47 Å². The first kappa shape index (κ1) is 25.3. The van der Waals surface area contributed by atoms with Gasteiger partial charge in [0.25, 0.3) is 5.91 Å². The van der Waals surface area contributed by atoms with Gasteiger partial charge in [-0.15, -0.1) is 10.2 Å². The Morgan fingerprint density at radius 1 is 1.12 bits per heavy atom. The number of nitrogens with zero attached hydrogens (tertiary/aromatic N) is 3. The third-order valence-electron chi connectivity index (χ3n) is 5.29. The van der Waals surface area contributed by atoms with Crippen molar-refractivity contribution in [1.82, 2.24) is 20.1 Å². The van der Waals surface area contributed by atoms with Gasteiger partial charge in [0.15, 0.2) is 11.0 Å². The van der Waals surface area contributed by atoms with Crippen LogP contribution in [0.5, 0.6) is 5.75 Å². The molecule has 0 aliphatic carbocycles. The van der Waals surface area contributed by atoms with E-state index in [0.717, 1.165) is 23.2 Å². The number of carbonyl (C=O) groups is 2. The van der Waals surface area contributed by atoms with E-state index in [1.165, 1.54) is 11.8 Å². The van der Waals surface area contributed by atoms with E-state index in [1.807, 2.05) is 23.6 Å². The predicted molar refractivity (Wildman–Crippen MR) is 132 cm³/mol. The van der Waals surface area contributed by atoms with Crippen molar-refractivity contribution in [2.45, 2.75) is 51.1 Å². The Kier molecular flexibility index (Phi) is 8.70. The van der Waals surface area contributed by atoms with Crippen LogP contribution in [0.2, 0.25) is 0 Å². The van der Waals surface area contributed by atoms with Crippen LogP contribution >= 0.6 is 11.8 Å². The summed E-state index contributed by atoms with van der Waals surface area (Å²) in [6.45, 7) is 8.16. The third-order valence-corrected chi connectivity index (χ3v) is 6.31. The minimum absolute atomic E-state index is 0.170. The zero-order valence-corrected chi connectivity index (χ0v) is 20.9. The molecular weight excluding hydrogens is 452 g/mol. The molecule has 2 aromatic carbocycles. The van der Waals surface area contributed by atoms with Crippen molar-refractivity contribution in [3.05, 3.63) is 65.0 Å². The van der Waals surface area contributed by atoms with Gasteiger partial charge >= 0.3 is 5.97 Å². The molecule has 1 atom stereocenters. The number of aryl methyl sites for hydroxylation is 2. The average Bonchev–Trinajstić information content (AvgIpc) is 3.24. The fourth-order valence-electron chi connectivity index (χ4n) is 3.51. The molecule has 1 heterocycles. The first-order valence-electron chi connectivity index (χ1n) is 11.2. The maximum Gasteiger partial charge on any atom is 0.319 e. The highest BCUT2D eigenvalue weighted by Gasteiger charge is 2.24. The second kappa shape index (κ2) is 11.7. The van der Waals surface area contributed by atoms with E-state index in [2.05, 4.69) is 28.5 Å². The van der Waals surface area contributed by atoms with Crippen LogP contribution in [0.25, 0.3) is 5.69 Å². The lowest BCUT2D eigenvalue weighted by Gasteiger charge is -2.18. The molecule has 8 nitrogen and oxygen atoms in total. The highest BCUT2D eigenvalue weighted by atomic mass is 32.2. The van der Waals surface area contributed by atoms with E-state index in [9.17, 15) is 9.59 Å². The monoisotopic (exact) mass is 482 g/mol. The Morgan fingerprint density at radius 3 is 2.50 bits per heavy atom. The average molecular weight is 483 g/mol. The zero-order valence-electron chi connectivity index (χ0n) is 20.1. The Bertz CT molecular complexity index is 1140. The number of hydrogen-bond donors (Lipinski definition) is 1. The molecule has 0 saturated heterocycles. The van der Waals surface area contributed by atoms with Crippen LogP contribution in [-0.2, 0) is 22.5 Å². The van der Waals surface area contributed by atoms with Crippen LogP contribution in [0.15, 0.2) is 47.6 Å².